The van der Waals surface area contributed by atoms with Gasteiger partial charge in [0.05, 0.1) is 12.0 Å². The topological polar surface area (TPSA) is 72.8 Å². The molecule has 2 aliphatic rings. The van der Waals surface area contributed by atoms with Crippen LogP contribution in [-0.2, 0) is 19.1 Å². The lowest BCUT2D eigenvalue weighted by Crippen LogP contribution is -2.29. The first-order valence-electron chi connectivity index (χ1n) is 7.45. The number of fused-ring (bicyclic) bond motifs is 1. The average molecular weight is 306 g/mol. The lowest BCUT2D eigenvalue weighted by Gasteiger charge is -2.23. The van der Waals surface area contributed by atoms with Crippen LogP contribution >= 0.6 is 0 Å². The van der Waals surface area contributed by atoms with Crippen LogP contribution in [0.4, 0.5) is 0 Å². The van der Waals surface area contributed by atoms with E-state index in [9.17, 15) is 14.7 Å². The molecule has 1 N–H and O–H groups in total. The van der Waals surface area contributed by atoms with Crippen molar-refractivity contribution in [1.82, 2.24) is 0 Å². The Balaban J connectivity index is 2.28. The molecule has 0 radical (unpaired) electrons. The normalized spacial score (nSPS) is 33.9. The number of esters is 2. The number of rotatable bonds is 2. The maximum absolute atomic E-state index is 11.8. The Morgan fingerprint density at radius 1 is 1.55 bits per heavy atom. The van der Waals surface area contributed by atoms with Crippen molar-refractivity contribution in [2.75, 3.05) is 6.61 Å². The zero-order valence-electron chi connectivity index (χ0n) is 13.0. The average Bonchev–Trinajstić information content (AvgIpc) is 2.70. The molecule has 0 unspecified atom stereocenters. The lowest BCUT2D eigenvalue weighted by atomic mass is 9.85. The second-order valence-corrected chi connectivity index (χ2v) is 5.89. The van der Waals surface area contributed by atoms with Gasteiger partial charge >= 0.3 is 11.9 Å². The molecule has 0 bridgehead atoms. The van der Waals surface area contributed by atoms with Crippen LogP contribution < -0.4 is 0 Å². The zero-order valence-corrected chi connectivity index (χ0v) is 13.0. The summed E-state index contributed by atoms with van der Waals surface area (Å²) in [7, 11) is 0. The first-order chi connectivity index (χ1) is 10.4. The van der Waals surface area contributed by atoms with Crippen LogP contribution in [0.3, 0.4) is 0 Å². The van der Waals surface area contributed by atoms with Gasteiger partial charge in [-0.3, -0.25) is 4.79 Å². The Morgan fingerprint density at radius 2 is 2.27 bits per heavy atom. The van der Waals surface area contributed by atoms with Gasteiger partial charge in [-0.25, -0.2) is 4.79 Å². The third-order valence-corrected chi connectivity index (χ3v) is 4.03. The highest BCUT2D eigenvalue weighted by molar-refractivity contribution is 5.91. The molecule has 5 heteroatoms. The van der Waals surface area contributed by atoms with E-state index < -0.39 is 24.1 Å². The first-order valence-corrected chi connectivity index (χ1v) is 7.45. The zero-order chi connectivity index (χ0) is 16.3. The Labute approximate surface area is 130 Å². The highest BCUT2D eigenvalue weighted by atomic mass is 16.6. The molecule has 1 saturated heterocycles. The minimum absolute atomic E-state index is 0.172. The van der Waals surface area contributed by atoms with Crippen LogP contribution in [-0.4, -0.2) is 35.9 Å². The molecule has 0 aromatic heterocycles. The van der Waals surface area contributed by atoms with Crippen LogP contribution in [0.2, 0.25) is 0 Å². The highest BCUT2D eigenvalue weighted by Crippen LogP contribution is 2.34. The number of aliphatic hydroxyl groups excluding tert-OH is 1. The van der Waals surface area contributed by atoms with Crippen molar-refractivity contribution >= 4 is 11.9 Å². The maximum Gasteiger partial charge on any atom is 0.334 e. The minimum Gasteiger partial charge on any atom is -0.461 e. The van der Waals surface area contributed by atoms with Gasteiger partial charge in [-0.2, -0.15) is 0 Å². The molecule has 0 aromatic carbocycles. The summed E-state index contributed by atoms with van der Waals surface area (Å²) in [6.07, 6.45) is 4.58. The van der Waals surface area contributed by atoms with E-state index in [0.29, 0.717) is 18.4 Å². The lowest BCUT2D eigenvalue weighted by molar-refractivity contribution is -0.140. The molecule has 3 atom stereocenters. The molecule has 120 valence electrons. The number of aliphatic hydroxyl groups is 1. The van der Waals surface area contributed by atoms with Crippen molar-refractivity contribution in [3.05, 3.63) is 35.5 Å². The number of hydrogen-bond donors (Lipinski definition) is 1. The van der Waals surface area contributed by atoms with Gasteiger partial charge in [0.25, 0.3) is 0 Å². The molecule has 0 spiro atoms. The monoisotopic (exact) mass is 306 g/mol. The molecule has 0 amide bonds. The van der Waals surface area contributed by atoms with Crippen LogP contribution in [0.25, 0.3) is 0 Å². The predicted octanol–water partition coefficient (Wildman–Crippen LogP) is 2.06. The van der Waals surface area contributed by atoms with Crippen molar-refractivity contribution < 1.29 is 24.2 Å². The van der Waals surface area contributed by atoms with Gasteiger partial charge in [-0.05, 0) is 37.8 Å². The fraction of sp³-hybridized carbons (Fsp3) is 0.529. The Hall–Kier alpha value is -1.88. The number of carbonyl (C=O) groups excluding carboxylic acids is 2. The number of ether oxygens (including phenoxy) is 2. The van der Waals surface area contributed by atoms with Gasteiger partial charge in [0, 0.05) is 12.5 Å². The second kappa shape index (κ2) is 6.92. The van der Waals surface area contributed by atoms with Gasteiger partial charge < -0.3 is 14.6 Å². The van der Waals surface area contributed by atoms with E-state index in [1.165, 1.54) is 6.92 Å². The van der Waals surface area contributed by atoms with Gasteiger partial charge in [0.2, 0.25) is 0 Å². The standard InChI is InChI=1S/C17H22O5/c1-10-5-4-6-13(9-21-12(3)18)8-15-16(14(19)7-10)11(2)17(20)22-15/h5,8,14-16,19H,2,4,6-7,9H2,1,3H3/b10-5+,13-8-/t14-,15+,16-/m0/s1. The fourth-order valence-electron chi connectivity index (χ4n) is 2.87. The van der Waals surface area contributed by atoms with Crippen molar-refractivity contribution in [2.24, 2.45) is 5.92 Å². The predicted molar refractivity (Wildman–Crippen MR) is 80.8 cm³/mol. The number of hydrogen-bond acceptors (Lipinski definition) is 5. The van der Waals surface area contributed by atoms with E-state index in [4.69, 9.17) is 9.47 Å². The number of allylic oxidation sites excluding steroid dienone is 1. The van der Waals surface area contributed by atoms with E-state index in [0.717, 1.165) is 17.6 Å². The summed E-state index contributed by atoms with van der Waals surface area (Å²) in [5.41, 5.74) is 2.24. The maximum atomic E-state index is 11.8. The van der Waals surface area contributed by atoms with Gasteiger partial charge in [0.15, 0.2) is 0 Å². The summed E-state index contributed by atoms with van der Waals surface area (Å²) in [5.74, 6) is -1.28. The third-order valence-electron chi connectivity index (χ3n) is 4.03. The molecular weight excluding hydrogens is 284 g/mol. The summed E-state index contributed by atoms with van der Waals surface area (Å²) in [5, 5.41) is 10.4. The quantitative estimate of drug-likeness (QED) is 0.480. The Bertz CT molecular complexity index is 543. The van der Waals surface area contributed by atoms with Crippen LogP contribution in [0, 0.1) is 5.92 Å². The van der Waals surface area contributed by atoms with E-state index in [1.807, 2.05) is 6.92 Å². The van der Waals surface area contributed by atoms with Crippen molar-refractivity contribution in [3.8, 4) is 0 Å². The molecule has 2 rings (SSSR count). The van der Waals surface area contributed by atoms with Gasteiger partial charge in [-0.1, -0.05) is 18.2 Å². The molecule has 1 aliphatic heterocycles. The molecule has 5 nitrogen and oxygen atoms in total. The van der Waals surface area contributed by atoms with E-state index in [2.05, 4.69) is 12.7 Å². The Kier molecular flexibility index (Phi) is 5.19. The SMILES string of the molecule is C=C1C(=O)O[C@@H]2/C=C(\COC(C)=O)CC/C=C(\C)C[C@H](O)[C@H]12. The van der Waals surface area contributed by atoms with Gasteiger partial charge in [0.1, 0.15) is 12.7 Å². The summed E-state index contributed by atoms with van der Waals surface area (Å²) in [4.78, 5) is 22.8. The Morgan fingerprint density at radius 3 is 2.95 bits per heavy atom. The molecule has 1 aliphatic carbocycles. The van der Waals surface area contributed by atoms with E-state index in [-0.39, 0.29) is 12.6 Å². The molecule has 22 heavy (non-hydrogen) atoms. The van der Waals surface area contributed by atoms with Crippen LogP contribution in [0.5, 0.6) is 0 Å². The summed E-state index contributed by atoms with van der Waals surface area (Å²) >= 11 is 0. The van der Waals surface area contributed by atoms with Crippen molar-refractivity contribution in [1.29, 1.82) is 0 Å². The molecule has 0 aromatic rings. The molecule has 1 heterocycles. The van der Waals surface area contributed by atoms with Crippen molar-refractivity contribution in [3.63, 3.8) is 0 Å². The number of carbonyl (C=O) groups is 2. The second-order valence-electron chi connectivity index (χ2n) is 5.89. The summed E-state index contributed by atoms with van der Waals surface area (Å²) < 4.78 is 10.4. The van der Waals surface area contributed by atoms with Crippen LogP contribution in [0.15, 0.2) is 35.5 Å². The van der Waals surface area contributed by atoms with Gasteiger partial charge in [-0.15, -0.1) is 0 Å². The summed E-state index contributed by atoms with van der Waals surface area (Å²) in [6, 6.07) is 0. The fourth-order valence-corrected chi connectivity index (χ4v) is 2.87. The van der Waals surface area contributed by atoms with Crippen molar-refractivity contribution in [2.45, 2.75) is 45.3 Å². The van der Waals surface area contributed by atoms with E-state index >= 15 is 0 Å². The largest absolute Gasteiger partial charge is 0.461 e. The van der Waals surface area contributed by atoms with E-state index in [1.54, 1.807) is 6.08 Å². The third kappa shape index (κ3) is 3.85. The molecular formula is C17H22O5. The minimum atomic E-state index is -0.718. The first kappa shape index (κ1) is 16.5. The smallest absolute Gasteiger partial charge is 0.334 e. The highest BCUT2D eigenvalue weighted by Gasteiger charge is 2.42. The summed E-state index contributed by atoms with van der Waals surface area (Å²) in [6.45, 7) is 7.23. The van der Waals surface area contributed by atoms with Crippen LogP contribution in [0.1, 0.15) is 33.1 Å². The molecule has 0 saturated carbocycles. The molecule has 1 fully saturated rings.